The second-order valence-corrected chi connectivity index (χ2v) is 6.46. The molecule has 3 heterocycles. The zero-order valence-corrected chi connectivity index (χ0v) is 13.5. The molecule has 2 aromatic heterocycles. The van der Waals surface area contributed by atoms with E-state index in [1.807, 2.05) is 30.3 Å². The summed E-state index contributed by atoms with van der Waals surface area (Å²) >= 11 is 0. The van der Waals surface area contributed by atoms with Crippen LogP contribution in [0.5, 0.6) is 0 Å². The molecule has 0 bridgehead atoms. The molecule has 130 valence electrons. The summed E-state index contributed by atoms with van der Waals surface area (Å²) in [6.45, 7) is 0. The van der Waals surface area contributed by atoms with Crippen molar-refractivity contribution in [2.45, 2.75) is 37.1 Å². The maximum Gasteiger partial charge on any atom is 0.275 e. The number of benzene rings is 1. The Morgan fingerprint density at radius 3 is 2.68 bits per heavy atom. The highest BCUT2D eigenvalue weighted by Gasteiger charge is 2.42. The average Bonchev–Trinajstić information content (AvgIpc) is 3.18. The van der Waals surface area contributed by atoms with E-state index in [4.69, 9.17) is 0 Å². The molecule has 3 aromatic rings. The van der Waals surface area contributed by atoms with Crippen molar-refractivity contribution < 1.29 is 10.2 Å². The quantitative estimate of drug-likeness (QED) is 0.478. The molecule has 0 saturated carbocycles. The Morgan fingerprint density at radius 1 is 1.08 bits per heavy atom. The third-order valence-corrected chi connectivity index (χ3v) is 4.92. The normalized spacial score (nSPS) is 26.3. The van der Waals surface area contributed by atoms with E-state index in [2.05, 4.69) is 20.3 Å². The topological polar surface area (TPSA) is 114 Å². The Kier molecular flexibility index (Phi) is 4.12. The number of hydrogen-bond acceptors (Lipinski definition) is 5. The molecule has 4 unspecified atom stereocenters. The van der Waals surface area contributed by atoms with Gasteiger partial charge < -0.3 is 25.5 Å². The highest BCUT2D eigenvalue weighted by atomic mass is 16.3. The number of aryl methyl sites for hydroxylation is 1. The second kappa shape index (κ2) is 6.44. The molecule has 4 atom stereocenters. The molecule has 1 fully saturated rings. The number of hydrogen-bond donors (Lipinski definition) is 5. The van der Waals surface area contributed by atoms with Crippen molar-refractivity contribution in [2.75, 3.05) is 0 Å². The van der Waals surface area contributed by atoms with Crippen molar-refractivity contribution in [1.29, 1.82) is 0 Å². The first-order valence-electron chi connectivity index (χ1n) is 8.36. The molecule has 0 amide bonds. The Bertz CT molecular complexity index is 921. The maximum atomic E-state index is 11.8. The van der Waals surface area contributed by atoms with Crippen LogP contribution in [0.3, 0.4) is 0 Å². The molecule has 1 aromatic carbocycles. The molecule has 1 aliphatic heterocycles. The van der Waals surface area contributed by atoms with Crippen molar-refractivity contribution in [2.24, 2.45) is 0 Å². The van der Waals surface area contributed by atoms with Crippen molar-refractivity contribution in [3.8, 4) is 0 Å². The van der Waals surface area contributed by atoms with Crippen LogP contribution in [0.1, 0.15) is 23.6 Å². The lowest BCUT2D eigenvalue weighted by Crippen LogP contribution is -2.33. The van der Waals surface area contributed by atoms with Crippen LogP contribution in [0, 0.1) is 0 Å². The lowest BCUT2D eigenvalue weighted by Gasteiger charge is -2.15. The predicted octanol–water partition coefficient (Wildman–Crippen LogP) is 0.619. The Labute approximate surface area is 143 Å². The first kappa shape index (κ1) is 16.0. The Balaban J connectivity index is 1.55. The van der Waals surface area contributed by atoms with E-state index >= 15 is 0 Å². The monoisotopic (exact) mass is 340 g/mol. The number of aliphatic hydroxyl groups excluding tert-OH is 2. The van der Waals surface area contributed by atoms with Gasteiger partial charge in [0.15, 0.2) is 0 Å². The van der Waals surface area contributed by atoms with Crippen molar-refractivity contribution in [3.63, 3.8) is 0 Å². The molecule has 0 radical (unpaired) electrons. The highest BCUT2D eigenvalue weighted by molar-refractivity contribution is 5.78. The van der Waals surface area contributed by atoms with E-state index in [9.17, 15) is 15.0 Å². The van der Waals surface area contributed by atoms with Crippen LogP contribution in [0.15, 0.2) is 47.7 Å². The smallest absolute Gasteiger partial charge is 0.275 e. The van der Waals surface area contributed by atoms with E-state index in [-0.39, 0.29) is 11.6 Å². The highest BCUT2D eigenvalue weighted by Crippen LogP contribution is 2.32. The third-order valence-electron chi connectivity index (χ3n) is 4.92. The van der Waals surface area contributed by atoms with E-state index < -0.39 is 18.2 Å². The number of rotatable bonds is 4. The van der Waals surface area contributed by atoms with Gasteiger partial charge in [-0.3, -0.25) is 4.79 Å². The molecule has 25 heavy (non-hydrogen) atoms. The number of aromatic amines is 2. The average molecular weight is 340 g/mol. The van der Waals surface area contributed by atoms with Gasteiger partial charge in [0, 0.05) is 17.8 Å². The molecule has 0 aliphatic carbocycles. The first-order valence-corrected chi connectivity index (χ1v) is 8.36. The van der Waals surface area contributed by atoms with Gasteiger partial charge in [0.05, 0.1) is 18.5 Å². The summed E-state index contributed by atoms with van der Waals surface area (Å²) in [5.74, 6) is 0. The van der Waals surface area contributed by atoms with Gasteiger partial charge >= 0.3 is 0 Å². The summed E-state index contributed by atoms with van der Waals surface area (Å²) in [6.07, 6.45) is 2.68. The molecular formula is C18H20N4O3. The van der Waals surface area contributed by atoms with Gasteiger partial charge in [-0.25, -0.2) is 4.98 Å². The lowest BCUT2D eigenvalue weighted by molar-refractivity contribution is 0.0270. The van der Waals surface area contributed by atoms with Gasteiger partial charge in [-0.05, 0) is 18.4 Å². The molecule has 7 heteroatoms. The van der Waals surface area contributed by atoms with E-state index in [0.717, 1.165) is 6.42 Å². The van der Waals surface area contributed by atoms with Gasteiger partial charge in [0.1, 0.15) is 17.1 Å². The van der Waals surface area contributed by atoms with Crippen LogP contribution < -0.4 is 10.9 Å². The standard InChI is InChI=1S/C18H20N4O3/c23-16-12(7-6-10-4-2-1-3-5-10)22-14(17(16)24)11-8-19-15-13(11)20-9-21-18(15)25/h1-5,8-9,12,14,16-17,19,22-24H,6-7H2,(H,20,21,25). The predicted molar refractivity (Wildman–Crippen MR) is 93.2 cm³/mol. The minimum Gasteiger partial charge on any atom is -0.389 e. The number of H-pyrrole nitrogens is 2. The second-order valence-electron chi connectivity index (χ2n) is 6.46. The Morgan fingerprint density at radius 2 is 1.88 bits per heavy atom. The van der Waals surface area contributed by atoms with Gasteiger partial charge in [-0.1, -0.05) is 30.3 Å². The largest absolute Gasteiger partial charge is 0.389 e. The van der Waals surface area contributed by atoms with Crippen LogP contribution in [-0.2, 0) is 6.42 Å². The number of nitrogens with one attached hydrogen (secondary N) is 3. The summed E-state index contributed by atoms with van der Waals surface area (Å²) in [6, 6.07) is 9.33. The van der Waals surface area contributed by atoms with Crippen LogP contribution in [0.25, 0.3) is 11.0 Å². The van der Waals surface area contributed by atoms with Gasteiger partial charge in [-0.2, -0.15) is 0 Å². The molecule has 5 N–H and O–H groups in total. The molecule has 4 rings (SSSR count). The first-order chi connectivity index (χ1) is 12.1. The summed E-state index contributed by atoms with van der Waals surface area (Å²) < 4.78 is 0. The summed E-state index contributed by atoms with van der Waals surface area (Å²) in [4.78, 5) is 21.4. The van der Waals surface area contributed by atoms with Crippen molar-refractivity contribution in [3.05, 3.63) is 64.3 Å². The summed E-state index contributed by atoms with van der Waals surface area (Å²) in [5.41, 5.74) is 2.50. The SMILES string of the molecule is O=c1[nH]cnc2c(C3NC(CCc4ccccc4)C(O)C3O)c[nH]c12. The van der Waals surface area contributed by atoms with Crippen LogP contribution >= 0.6 is 0 Å². The zero-order chi connectivity index (χ0) is 17.4. The number of aliphatic hydroxyl groups is 2. The van der Waals surface area contributed by atoms with Gasteiger partial charge in [0.25, 0.3) is 5.56 Å². The molecule has 0 spiro atoms. The number of nitrogens with zero attached hydrogens (tertiary/aromatic N) is 1. The van der Waals surface area contributed by atoms with E-state index in [1.54, 1.807) is 6.20 Å². The summed E-state index contributed by atoms with van der Waals surface area (Å²) in [5, 5.41) is 24.2. The third kappa shape index (κ3) is 2.86. The fourth-order valence-corrected chi connectivity index (χ4v) is 3.57. The van der Waals surface area contributed by atoms with Gasteiger partial charge in [-0.15, -0.1) is 0 Å². The fraction of sp³-hybridized carbons (Fsp3) is 0.333. The molecule has 7 nitrogen and oxygen atoms in total. The minimum atomic E-state index is -0.958. The molecular weight excluding hydrogens is 320 g/mol. The van der Waals surface area contributed by atoms with Crippen molar-refractivity contribution >= 4 is 11.0 Å². The van der Waals surface area contributed by atoms with Crippen molar-refractivity contribution in [1.82, 2.24) is 20.3 Å². The molecule has 1 saturated heterocycles. The maximum absolute atomic E-state index is 11.8. The Hall–Kier alpha value is -2.48. The van der Waals surface area contributed by atoms with E-state index in [1.165, 1.54) is 11.9 Å². The lowest BCUT2D eigenvalue weighted by atomic mass is 9.99. The number of fused-ring (bicyclic) bond motifs is 1. The molecule has 1 aliphatic rings. The zero-order valence-electron chi connectivity index (χ0n) is 13.5. The van der Waals surface area contributed by atoms with Crippen LogP contribution in [0.4, 0.5) is 0 Å². The van der Waals surface area contributed by atoms with Crippen LogP contribution in [-0.4, -0.2) is 43.4 Å². The van der Waals surface area contributed by atoms with E-state index in [0.29, 0.717) is 23.0 Å². The van der Waals surface area contributed by atoms with Crippen LogP contribution in [0.2, 0.25) is 0 Å². The number of aromatic nitrogens is 3. The summed E-state index contributed by atoms with van der Waals surface area (Å²) in [7, 11) is 0. The minimum absolute atomic E-state index is 0.229. The fourth-order valence-electron chi connectivity index (χ4n) is 3.57. The van der Waals surface area contributed by atoms with Gasteiger partial charge in [0.2, 0.25) is 0 Å².